The van der Waals surface area contributed by atoms with Crippen LogP contribution in [0.15, 0.2) is 24.8 Å². The Morgan fingerprint density at radius 3 is 3.25 bits per heavy atom. The molecule has 0 aliphatic heterocycles. The molecule has 2 heterocycles. The van der Waals surface area contributed by atoms with Crippen molar-refractivity contribution in [2.75, 3.05) is 19.0 Å². The van der Waals surface area contributed by atoms with Crippen molar-refractivity contribution in [1.29, 1.82) is 0 Å². The van der Waals surface area contributed by atoms with Gasteiger partial charge in [-0.25, -0.2) is 4.98 Å². The molecule has 2 aromatic heterocycles. The summed E-state index contributed by atoms with van der Waals surface area (Å²) in [5.74, 6) is 0.907. The fraction of sp³-hybridized carbons (Fsp3) is 0.400. The minimum atomic E-state index is 0.666. The fourth-order valence-electron chi connectivity index (χ4n) is 1.34. The van der Waals surface area contributed by atoms with Gasteiger partial charge in [0.1, 0.15) is 5.82 Å². The monoisotopic (exact) mass is 221 g/mol. The maximum absolute atomic E-state index is 4.98. The zero-order valence-electron chi connectivity index (χ0n) is 9.18. The highest BCUT2D eigenvalue weighted by molar-refractivity contribution is 5.38. The van der Waals surface area contributed by atoms with Crippen molar-refractivity contribution in [3.05, 3.63) is 30.6 Å². The molecule has 6 nitrogen and oxygen atoms in total. The molecular weight excluding hydrogens is 206 g/mol. The van der Waals surface area contributed by atoms with Crippen molar-refractivity contribution in [2.45, 2.75) is 13.1 Å². The number of methoxy groups -OCH3 is 1. The SMILES string of the molecule is COCCn1cc(NCc2ncc[nH]2)cn1. The van der Waals surface area contributed by atoms with Crippen molar-refractivity contribution < 1.29 is 4.74 Å². The van der Waals surface area contributed by atoms with Gasteiger partial charge in [-0.2, -0.15) is 5.10 Å². The van der Waals surface area contributed by atoms with Gasteiger partial charge >= 0.3 is 0 Å². The number of hydrogen-bond acceptors (Lipinski definition) is 4. The van der Waals surface area contributed by atoms with Crippen LogP contribution in [0.3, 0.4) is 0 Å². The molecule has 86 valence electrons. The normalized spacial score (nSPS) is 10.6. The fourth-order valence-corrected chi connectivity index (χ4v) is 1.34. The molecule has 0 radical (unpaired) electrons. The van der Waals surface area contributed by atoms with Crippen LogP contribution in [0, 0.1) is 0 Å². The molecule has 16 heavy (non-hydrogen) atoms. The van der Waals surface area contributed by atoms with E-state index in [1.165, 1.54) is 0 Å². The molecule has 0 aromatic carbocycles. The highest BCUT2D eigenvalue weighted by Gasteiger charge is 1.99. The van der Waals surface area contributed by atoms with Gasteiger partial charge in [0, 0.05) is 25.7 Å². The average molecular weight is 221 g/mol. The Kier molecular flexibility index (Phi) is 3.55. The van der Waals surface area contributed by atoms with E-state index >= 15 is 0 Å². The third kappa shape index (κ3) is 2.83. The van der Waals surface area contributed by atoms with Gasteiger partial charge in [0.25, 0.3) is 0 Å². The summed E-state index contributed by atoms with van der Waals surface area (Å²) in [6.45, 7) is 2.10. The lowest BCUT2D eigenvalue weighted by atomic mass is 10.5. The molecule has 0 aliphatic rings. The number of aromatic amines is 1. The van der Waals surface area contributed by atoms with Gasteiger partial charge in [0.2, 0.25) is 0 Å². The van der Waals surface area contributed by atoms with E-state index in [0.717, 1.165) is 18.1 Å². The second-order valence-corrected chi connectivity index (χ2v) is 3.37. The number of imidazole rings is 1. The van der Waals surface area contributed by atoms with E-state index in [1.807, 2.05) is 10.9 Å². The van der Waals surface area contributed by atoms with Crippen LogP contribution in [0.1, 0.15) is 5.82 Å². The highest BCUT2D eigenvalue weighted by atomic mass is 16.5. The first-order valence-corrected chi connectivity index (χ1v) is 5.12. The smallest absolute Gasteiger partial charge is 0.125 e. The molecular formula is C10H15N5O. The Morgan fingerprint density at radius 1 is 1.56 bits per heavy atom. The van der Waals surface area contributed by atoms with Gasteiger partial charge < -0.3 is 15.0 Å². The highest BCUT2D eigenvalue weighted by Crippen LogP contribution is 2.05. The van der Waals surface area contributed by atoms with E-state index in [1.54, 1.807) is 25.7 Å². The number of ether oxygens (including phenoxy) is 1. The van der Waals surface area contributed by atoms with Crippen LogP contribution in [0.5, 0.6) is 0 Å². The number of aromatic nitrogens is 4. The Hall–Kier alpha value is -1.82. The summed E-state index contributed by atoms with van der Waals surface area (Å²) in [4.78, 5) is 7.15. The lowest BCUT2D eigenvalue weighted by Gasteiger charge is -2.00. The second kappa shape index (κ2) is 5.32. The van der Waals surface area contributed by atoms with Gasteiger partial charge in [0.15, 0.2) is 0 Å². The third-order valence-corrected chi connectivity index (χ3v) is 2.17. The minimum absolute atomic E-state index is 0.666. The van der Waals surface area contributed by atoms with E-state index in [4.69, 9.17) is 4.74 Å². The number of H-pyrrole nitrogens is 1. The van der Waals surface area contributed by atoms with Gasteiger partial charge in [-0.15, -0.1) is 0 Å². The Labute approximate surface area is 93.6 Å². The molecule has 0 amide bonds. The molecule has 6 heteroatoms. The molecule has 0 fully saturated rings. The predicted octanol–water partition coefficient (Wildman–Crippen LogP) is 0.865. The summed E-state index contributed by atoms with van der Waals surface area (Å²) in [5, 5.41) is 7.42. The topological polar surface area (TPSA) is 67.8 Å². The molecule has 2 N–H and O–H groups in total. The van der Waals surface area contributed by atoms with Gasteiger partial charge in [0.05, 0.1) is 31.6 Å². The van der Waals surface area contributed by atoms with Crippen LogP contribution in [0.2, 0.25) is 0 Å². The van der Waals surface area contributed by atoms with Gasteiger partial charge in [-0.3, -0.25) is 4.68 Å². The number of anilines is 1. The third-order valence-electron chi connectivity index (χ3n) is 2.17. The van der Waals surface area contributed by atoms with E-state index in [9.17, 15) is 0 Å². The maximum Gasteiger partial charge on any atom is 0.125 e. The summed E-state index contributed by atoms with van der Waals surface area (Å²) in [7, 11) is 1.68. The summed E-state index contributed by atoms with van der Waals surface area (Å²) >= 11 is 0. The van der Waals surface area contributed by atoms with Gasteiger partial charge in [-0.1, -0.05) is 0 Å². The molecule has 0 atom stereocenters. The molecule has 0 aliphatic carbocycles. The van der Waals surface area contributed by atoms with Crippen LogP contribution in [0.4, 0.5) is 5.69 Å². The Morgan fingerprint density at radius 2 is 2.50 bits per heavy atom. The second-order valence-electron chi connectivity index (χ2n) is 3.37. The summed E-state index contributed by atoms with van der Waals surface area (Å²) in [6, 6.07) is 0. The number of nitrogens with one attached hydrogen (secondary N) is 2. The summed E-state index contributed by atoms with van der Waals surface area (Å²) in [6.07, 6.45) is 7.28. The predicted molar refractivity (Wildman–Crippen MR) is 60.0 cm³/mol. The van der Waals surface area contributed by atoms with Crippen LogP contribution in [-0.4, -0.2) is 33.5 Å². The van der Waals surface area contributed by atoms with Crippen molar-refractivity contribution >= 4 is 5.69 Å². The Bertz CT molecular complexity index is 409. The number of rotatable bonds is 6. The van der Waals surface area contributed by atoms with E-state index in [2.05, 4.69) is 20.4 Å². The van der Waals surface area contributed by atoms with Crippen LogP contribution >= 0.6 is 0 Å². The molecule has 0 bridgehead atoms. The lowest BCUT2D eigenvalue weighted by molar-refractivity contribution is 0.183. The average Bonchev–Trinajstić information content (AvgIpc) is 2.95. The first-order valence-electron chi connectivity index (χ1n) is 5.12. The zero-order chi connectivity index (χ0) is 11.2. The van der Waals surface area contributed by atoms with E-state index < -0.39 is 0 Å². The first-order chi connectivity index (χ1) is 7.88. The molecule has 2 aromatic rings. The van der Waals surface area contributed by atoms with Gasteiger partial charge in [-0.05, 0) is 0 Å². The summed E-state index contributed by atoms with van der Waals surface area (Å²) < 4.78 is 6.82. The Balaban J connectivity index is 1.83. The van der Waals surface area contributed by atoms with Crippen LogP contribution in [-0.2, 0) is 17.8 Å². The van der Waals surface area contributed by atoms with Crippen molar-refractivity contribution in [3.63, 3.8) is 0 Å². The lowest BCUT2D eigenvalue weighted by Crippen LogP contribution is -2.04. The van der Waals surface area contributed by atoms with Crippen molar-refractivity contribution in [2.24, 2.45) is 0 Å². The van der Waals surface area contributed by atoms with Crippen molar-refractivity contribution in [3.8, 4) is 0 Å². The number of hydrogen-bond donors (Lipinski definition) is 2. The zero-order valence-corrected chi connectivity index (χ0v) is 9.18. The quantitative estimate of drug-likeness (QED) is 0.759. The number of nitrogens with zero attached hydrogens (tertiary/aromatic N) is 3. The molecule has 2 rings (SSSR count). The summed E-state index contributed by atoms with van der Waals surface area (Å²) in [5.41, 5.74) is 0.979. The van der Waals surface area contributed by atoms with E-state index in [0.29, 0.717) is 13.2 Å². The maximum atomic E-state index is 4.98. The minimum Gasteiger partial charge on any atom is -0.383 e. The van der Waals surface area contributed by atoms with Crippen LogP contribution in [0.25, 0.3) is 0 Å². The first kappa shape index (κ1) is 10.7. The standard InChI is InChI=1S/C10H15N5O/c1-16-5-4-15-8-9(6-14-15)13-7-10-11-2-3-12-10/h2-3,6,8,13H,4-5,7H2,1H3,(H,11,12). The molecule has 0 spiro atoms. The molecule has 0 saturated heterocycles. The molecule has 0 unspecified atom stereocenters. The largest absolute Gasteiger partial charge is 0.383 e. The van der Waals surface area contributed by atoms with E-state index in [-0.39, 0.29) is 0 Å². The molecule has 0 saturated carbocycles. The van der Waals surface area contributed by atoms with Crippen LogP contribution < -0.4 is 5.32 Å². The van der Waals surface area contributed by atoms with Crippen molar-refractivity contribution in [1.82, 2.24) is 19.7 Å².